The highest BCUT2D eigenvalue weighted by atomic mass is 16.3. The molecule has 2 N–H and O–H groups in total. The van der Waals surface area contributed by atoms with Gasteiger partial charge in [0.25, 0.3) is 5.56 Å². The number of phenols is 1. The normalized spacial score (nSPS) is 10.8. The number of hydrogen-bond acceptors (Lipinski definition) is 3. The van der Waals surface area contributed by atoms with Crippen LogP contribution in [-0.2, 0) is 0 Å². The van der Waals surface area contributed by atoms with Crippen LogP contribution in [0.5, 0.6) is 5.75 Å². The first-order valence-corrected chi connectivity index (χ1v) is 6.12. The summed E-state index contributed by atoms with van der Waals surface area (Å²) in [5.41, 5.74) is 0.777. The number of para-hydroxylation sites is 1. The molecule has 3 aromatic rings. The van der Waals surface area contributed by atoms with Crippen molar-refractivity contribution in [3.8, 4) is 11.4 Å². The predicted molar refractivity (Wildman–Crippen MR) is 76.6 cm³/mol. The Kier molecular flexibility index (Phi) is 2.68. The molecule has 0 saturated heterocycles. The molecule has 0 aliphatic heterocycles. The molecule has 100 valence electrons. The Morgan fingerprint density at radius 1 is 1.10 bits per heavy atom. The fourth-order valence-electron chi connectivity index (χ4n) is 2.25. The Bertz CT molecular complexity index is 922. The standard InChI is InChI=1S/C15H12N2O3/c1-9-4-2-7-12-13(9)16-15(20)17(14(12)19)10-5-3-6-11(18)8-10/h2-8,18H,1H3,(H,16,20). The summed E-state index contributed by atoms with van der Waals surface area (Å²) >= 11 is 0. The molecule has 0 spiro atoms. The van der Waals surface area contributed by atoms with E-state index in [1.165, 1.54) is 12.1 Å². The highest BCUT2D eigenvalue weighted by Gasteiger charge is 2.10. The van der Waals surface area contributed by atoms with E-state index in [1.807, 2.05) is 13.0 Å². The third-order valence-corrected chi connectivity index (χ3v) is 3.23. The van der Waals surface area contributed by atoms with Crippen LogP contribution in [0.15, 0.2) is 52.1 Å². The number of benzene rings is 2. The molecule has 0 saturated carbocycles. The van der Waals surface area contributed by atoms with Gasteiger partial charge in [-0.05, 0) is 30.7 Å². The van der Waals surface area contributed by atoms with Crippen molar-refractivity contribution in [2.45, 2.75) is 6.92 Å². The molecule has 0 unspecified atom stereocenters. The van der Waals surface area contributed by atoms with Gasteiger partial charge in [-0.1, -0.05) is 18.2 Å². The van der Waals surface area contributed by atoms with Crippen LogP contribution in [0.3, 0.4) is 0 Å². The van der Waals surface area contributed by atoms with Gasteiger partial charge >= 0.3 is 5.69 Å². The van der Waals surface area contributed by atoms with Gasteiger partial charge in [0.15, 0.2) is 0 Å². The number of nitrogens with zero attached hydrogens (tertiary/aromatic N) is 1. The lowest BCUT2D eigenvalue weighted by atomic mass is 10.1. The third kappa shape index (κ3) is 1.80. The smallest absolute Gasteiger partial charge is 0.333 e. The molecule has 0 aliphatic rings. The van der Waals surface area contributed by atoms with Crippen LogP contribution in [0.4, 0.5) is 0 Å². The fraction of sp³-hybridized carbons (Fsp3) is 0.0667. The molecule has 0 bridgehead atoms. The Morgan fingerprint density at radius 2 is 1.85 bits per heavy atom. The van der Waals surface area contributed by atoms with Crippen molar-refractivity contribution in [2.75, 3.05) is 0 Å². The van der Waals surface area contributed by atoms with E-state index in [1.54, 1.807) is 24.3 Å². The number of fused-ring (bicyclic) bond motifs is 1. The van der Waals surface area contributed by atoms with Gasteiger partial charge in [0.1, 0.15) is 5.75 Å². The number of nitrogens with one attached hydrogen (secondary N) is 1. The summed E-state index contributed by atoms with van der Waals surface area (Å²) in [7, 11) is 0. The van der Waals surface area contributed by atoms with Crippen LogP contribution >= 0.6 is 0 Å². The summed E-state index contributed by atoms with van der Waals surface area (Å²) in [5, 5.41) is 9.92. The van der Waals surface area contributed by atoms with Crippen molar-refractivity contribution in [1.29, 1.82) is 0 Å². The Hall–Kier alpha value is -2.82. The zero-order valence-corrected chi connectivity index (χ0v) is 10.8. The minimum atomic E-state index is -0.526. The van der Waals surface area contributed by atoms with Gasteiger partial charge < -0.3 is 10.1 Å². The molecular formula is C15H12N2O3. The van der Waals surface area contributed by atoms with Crippen molar-refractivity contribution in [3.05, 3.63) is 68.9 Å². The van der Waals surface area contributed by atoms with Crippen molar-refractivity contribution >= 4 is 10.9 Å². The number of phenolic OH excluding ortho intramolecular Hbond substituents is 1. The van der Waals surface area contributed by atoms with Gasteiger partial charge in [-0.25, -0.2) is 9.36 Å². The molecule has 0 radical (unpaired) electrons. The van der Waals surface area contributed by atoms with Gasteiger partial charge in [0.05, 0.1) is 16.6 Å². The maximum atomic E-state index is 12.5. The van der Waals surface area contributed by atoms with Gasteiger partial charge in [0, 0.05) is 6.07 Å². The summed E-state index contributed by atoms with van der Waals surface area (Å²) in [5.74, 6) is -0.00172. The molecule has 1 aromatic heterocycles. The Morgan fingerprint density at radius 3 is 2.60 bits per heavy atom. The Labute approximate surface area is 113 Å². The number of rotatable bonds is 1. The molecule has 0 fully saturated rings. The summed E-state index contributed by atoms with van der Waals surface area (Å²) in [6.45, 7) is 1.83. The lowest BCUT2D eigenvalue weighted by molar-refractivity contribution is 0.475. The second-order valence-electron chi connectivity index (χ2n) is 4.59. The van der Waals surface area contributed by atoms with E-state index >= 15 is 0 Å². The first-order valence-electron chi connectivity index (χ1n) is 6.12. The number of aromatic nitrogens is 2. The lowest BCUT2D eigenvalue weighted by Gasteiger charge is -2.08. The van der Waals surface area contributed by atoms with E-state index < -0.39 is 11.2 Å². The summed E-state index contributed by atoms with van der Waals surface area (Å²) in [6, 6.07) is 11.3. The number of hydrogen-bond donors (Lipinski definition) is 2. The minimum Gasteiger partial charge on any atom is -0.508 e. The van der Waals surface area contributed by atoms with Crippen LogP contribution in [0.2, 0.25) is 0 Å². The summed E-state index contributed by atoms with van der Waals surface area (Å²) in [4.78, 5) is 27.3. The van der Waals surface area contributed by atoms with Crippen molar-refractivity contribution in [2.24, 2.45) is 0 Å². The molecule has 2 aromatic carbocycles. The molecular weight excluding hydrogens is 256 g/mol. The number of H-pyrrole nitrogens is 1. The number of aromatic amines is 1. The van der Waals surface area contributed by atoms with Crippen LogP contribution in [-0.4, -0.2) is 14.7 Å². The first-order chi connectivity index (χ1) is 9.58. The third-order valence-electron chi connectivity index (χ3n) is 3.23. The van der Waals surface area contributed by atoms with E-state index in [9.17, 15) is 14.7 Å². The van der Waals surface area contributed by atoms with E-state index in [0.717, 1.165) is 10.1 Å². The zero-order chi connectivity index (χ0) is 14.3. The molecule has 3 rings (SSSR count). The van der Waals surface area contributed by atoms with Gasteiger partial charge in [0.2, 0.25) is 0 Å². The fourth-order valence-corrected chi connectivity index (χ4v) is 2.25. The molecule has 0 aliphatic carbocycles. The highest BCUT2D eigenvalue weighted by molar-refractivity contribution is 5.80. The molecule has 1 heterocycles. The number of aromatic hydroxyl groups is 1. The zero-order valence-electron chi connectivity index (χ0n) is 10.8. The first kappa shape index (κ1) is 12.2. The van der Waals surface area contributed by atoms with E-state index in [2.05, 4.69) is 4.98 Å². The second-order valence-corrected chi connectivity index (χ2v) is 4.59. The molecule has 0 amide bonds. The van der Waals surface area contributed by atoms with Crippen LogP contribution in [0.1, 0.15) is 5.56 Å². The van der Waals surface area contributed by atoms with E-state index in [4.69, 9.17) is 0 Å². The van der Waals surface area contributed by atoms with Gasteiger partial charge in [-0.3, -0.25) is 4.79 Å². The highest BCUT2D eigenvalue weighted by Crippen LogP contribution is 2.14. The van der Waals surface area contributed by atoms with Crippen molar-refractivity contribution in [3.63, 3.8) is 0 Å². The Balaban J connectivity index is 2.44. The topological polar surface area (TPSA) is 75.1 Å². The summed E-state index contributed by atoms with van der Waals surface area (Å²) < 4.78 is 1.02. The monoisotopic (exact) mass is 268 g/mol. The second kappa shape index (κ2) is 4.38. The van der Waals surface area contributed by atoms with E-state index in [0.29, 0.717) is 16.6 Å². The maximum Gasteiger partial charge on any atom is 0.333 e. The van der Waals surface area contributed by atoms with Crippen LogP contribution in [0.25, 0.3) is 16.6 Å². The van der Waals surface area contributed by atoms with Crippen LogP contribution in [0, 0.1) is 6.92 Å². The van der Waals surface area contributed by atoms with Crippen LogP contribution < -0.4 is 11.2 Å². The van der Waals surface area contributed by atoms with Crippen molar-refractivity contribution < 1.29 is 5.11 Å². The van der Waals surface area contributed by atoms with E-state index in [-0.39, 0.29) is 5.75 Å². The lowest BCUT2D eigenvalue weighted by Crippen LogP contribution is -2.33. The largest absolute Gasteiger partial charge is 0.508 e. The van der Waals surface area contributed by atoms with Crippen molar-refractivity contribution in [1.82, 2.24) is 9.55 Å². The SMILES string of the molecule is Cc1cccc2c(=O)n(-c3cccc(O)c3)c(=O)[nH]c12. The molecule has 5 heteroatoms. The molecule has 20 heavy (non-hydrogen) atoms. The summed E-state index contributed by atoms with van der Waals surface area (Å²) in [6.07, 6.45) is 0. The average molecular weight is 268 g/mol. The number of aryl methyl sites for hydroxylation is 1. The predicted octanol–water partition coefficient (Wildman–Crippen LogP) is 1.69. The quantitative estimate of drug-likeness (QED) is 0.705. The minimum absolute atomic E-state index is 0.00172. The average Bonchev–Trinajstić information content (AvgIpc) is 2.40. The molecule has 5 nitrogen and oxygen atoms in total. The molecule has 0 atom stereocenters. The maximum absolute atomic E-state index is 12.5. The van der Waals surface area contributed by atoms with Gasteiger partial charge in [-0.2, -0.15) is 0 Å². The van der Waals surface area contributed by atoms with Gasteiger partial charge in [-0.15, -0.1) is 0 Å².